The molecule has 1 fully saturated rings. The summed E-state index contributed by atoms with van der Waals surface area (Å²) in [6, 6.07) is 2.45. The van der Waals surface area contributed by atoms with Crippen molar-refractivity contribution in [1.29, 1.82) is 0 Å². The third kappa shape index (κ3) is 6.10. The van der Waals surface area contributed by atoms with Crippen molar-refractivity contribution in [3.63, 3.8) is 0 Å². The quantitative estimate of drug-likeness (QED) is 0.347. The van der Waals surface area contributed by atoms with Crippen LogP contribution in [0.4, 0.5) is 5.69 Å². The first kappa shape index (κ1) is 24.9. The van der Waals surface area contributed by atoms with Crippen LogP contribution in [0.2, 0.25) is 0 Å². The van der Waals surface area contributed by atoms with Crippen molar-refractivity contribution in [1.82, 2.24) is 25.3 Å². The Kier molecular flexibility index (Phi) is 7.57. The zero-order valence-corrected chi connectivity index (χ0v) is 20.8. The van der Waals surface area contributed by atoms with E-state index in [9.17, 15) is 18.3 Å². The molecule has 3 aromatic rings. The summed E-state index contributed by atoms with van der Waals surface area (Å²) in [7, 11) is -3.45. The molecule has 1 amide bonds. The summed E-state index contributed by atoms with van der Waals surface area (Å²) in [5, 5.41) is 12.5. The van der Waals surface area contributed by atoms with Gasteiger partial charge in [0, 0.05) is 24.9 Å². The highest BCUT2D eigenvalue weighted by atomic mass is 32.2. The number of aliphatic hydroxyl groups excluding tert-OH is 1. The molecule has 35 heavy (non-hydrogen) atoms. The van der Waals surface area contributed by atoms with Crippen molar-refractivity contribution in [3.05, 3.63) is 47.6 Å². The molecule has 186 valence electrons. The van der Waals surface area contributed by atoms with Crippen LogP contribution >= 0.6 is 11.3 Å². The molecule has 0 bridgehead atoms. The second-order valence-corrected chi connectivity index (χ2v) is 11.1. The molecule has 0 aromatic carbocycles. The smallest absolute Gasteiger partial charge is 0.280 e. The highest BCUT2D eigenvalue weighted by Gasteiger charge is 2.36. The van der Waals surface area contributed by atoms with Gasteiger partial charge in [-0.15, -0.1) is 11.3 Å². The van der Waals surface area contributed by atoms with Crippen LogP contribution in [-0.4, -0.2) is 57.8 Å². The van der Waals surface area contributed by atoms with Gasteiger partial charge in [0.15, 0.2) is 5.01 Å². The van der Waals surface area contributed by atoms with Gasteiger partial charge in [-0.2, -0.15) is 0 Å². The largest absolute Gasteiger partial charge is 0.477 e. The van der Waals surface area contributed by atoms with Crippen molar-refractivity contribution in [3.8, 4) is 16.5 Å². The van der Waals surface area contributed by atoms with Crippen molar-refractivity contribution >= 4 is 33.0 Å². The van der Waals surface area contributed by atoms with Gasteiger partial charge in [-0.1, -0.05) is 6.92 Å². The molecule has 0 aliphatic heterocycles. The topological polar surface area (TPSA) is 156 Å². The number of nitrogens with zero attached hydrogens (tertiary/aromatic N) is 4. The monoisotopic (exact) mass is 518 g/mol. The summed E-state index contributed by atoms with van der Waals surface area (Å²) in [4.78, 5) is 30.7. The number of carbonyl (C=O) groups is 1. The van der Waals surface area contributed by atoms with E-state index in [1.807, 2.05) is 6.92 Å². The zero-order valence-electron chi connectivity index (χ0n) is 19.2. The Bertz CT molecular complexity index is 1290. The second-order valence-electron chi connectivity index (χ2n) is 8.13. The van der Waals surface area contributed by atoms with Crippen LogP contribution in [0, 0.1) is 5.92 Å². The number of hydrogen-bond donors (Lipinski definition) is 3. The predicted molar refractivity (Wildman–Crippen MR) is 131 cm³/mol. The molecule has 1 aliphatic rings. The number of nitrogens with one attached hydrogen (secondary N) is 2. The van der Waals surface area contributed by atoms with Crippen molar-refractivity contribution in [2.24, 2.45) is 5.92 Å². The molecule has 1 aliphatic carbocycles. The summed E-state index contributed by atoms with van der Waals surface area (Å²) >= 11 is 1.14. The lowest BCUT2D eigenvalue weighted by Crippen LogP contribution is -2.34. The minimum Gasteiger partial charge on any atom is -0.477 e. The Hall–Kier alpha value is -3.16. The van der Waals surface area contributed by atoms with Gasteiger partial charge in [0.25, 0.3) is 5.91 Å². The number of carbonyl (C=O) groups excluding carboxylic acids is 1. The van der Waals surface area contributed by atoms with Gasteiger partial charge in [-0.05, 0) is 31.9 Å². The third-order valence-electron chi connectivity index (χ3n) is 5.32. The molecule has 0 spiro atoms. The van der Waals surface area contributed by atoms with Crippen LogP contribution in [0.15, 0.2) is 36.9 Å². The highest BCUT2D eigenvalue weighted by molar-refractivity contribution is 7.93. The second kappa shape index (κ2) is 10.6. The van der Waals surface area contributed by atoms with Gasteiger partial charge in [-0.25, -0.2) is 18.4 Å². The van der Waals surface area contributed by atoms with E-state index in [0.717, 1.165) is 11.3 Å². The number of rotatable bonds is 11. The summed E-state index contributed by atoms with van der Waals surface area (Å²) in [6.45, 7) is 3.85. The maximum Gasteiger partial charge on any atom is 0.280 e. The normalized spacial score (nSPS) is 15.3. The van der Waals surface area contributed by atoms with Gasteiger partial charge in [-0.3, -0.25) is 19.5 Å². The van der Waals surface area contributed by atoms with Gasteiger partial charge in [0.05, 0.1) is 46.6 Å². The van der Waals surface area contributed by atoms with Crippen LogP contribution < -0.4 is 14.8 Å². The fourth-order valence-corrected chi connectivity index (χ4v) is 5.46. The molecule has 0 saturated heterocycles. The summed E-state index contributed by atoms with van der Waals surface area (Å²) in [6.07, 6.45) is 7.36. The zero-order chi connectivity index (χ0) is 25.0. The minimum absolute atomic E-state index is 0.198. The average molecular weight is 519 g/mol. The fraction of sp³-hybridized carbons (Fsp3) is 0.409. The maximum absolute atomic E-state index is 13.0. The standard InChI is InChI=1S/C22H26N6O5S2/c1-3-33-19-11-23-9-17(26-19)18-10-25-22(34-18)21(30)27-20(13(2)12-29)16-8-14(6-7-24-16)28-35(31,32)15-4-5-15/h6-11,13,15,20,29H,3-5,12H2,1-2H3,(H,24,28)(H,27,30)/t13-,20+/m1/s1. The van der Waals surface area contributed by atoms with E-state index in [2.05, 4.69) is 30.0 Å². The molecular weight excluding hydrogens is 492 g/mol. The number of thiazole rings is 1. The first-order valence-corrected chi connectivity index (χ1v) is 13.5. The summed E-state index contributed by atoms with van der Waals surface area (Å²) in [5.41, 5.74) is 1.31. The lowest BCUT2D eigenvalue weighted by molar-refractivity contribution is 0.0906. The molecule has 3 heterocycles. The molecule has 13 heteroatoms. The lowest BCUT2D eigenvalue weighted by Gasteiger charge is -2.23. The average Bonchev–Trinajstić information content (AvgIpc) is 3.60. The summed E-state index contributed by atoms with van der Waals surface area (Å²) in [5.74, 6) is -0.467. The Morgan fingerprint density at radius 1 is 1.29 bits per heavy atom. The van der Waals surface area contributed by atoms with Crippen LogP contribution in [0.5, 0.6) is 5.88 Å². The molecule has 0 radical (unpaired) electrons. The number of pyridine rings is 1. The number of aromatic nitrogens is 4. The number of ether oxygens (including phenoxy) is 1. The van der Waals surface area contributed by atoms with E-state index >= 15 is 0 Å². The molecule has 0 unspecified atom stereocenters. The molecule has 1 saturated carbocycles. The maximum atomic E-state index is 13.0. The van der Waals surface area contributed by atoms with Gasteiger partial charge in [0.1, 0.15) is 5.69 Å². The SMILES string of the molecule is CCOc1cncc(-c2cnc(C(=O)N[C@H](c3cc(NS(=O)(=O)C4CC4)ccn3)[C@H](C)CO)s2)n1. The van der Waals surface area contributed by atoms with Crippen LogP contribution in [-0.2, 0) is 10.0 Å². The van der Waals surface area contributed by atoms with Crippen molar-refractivity contribution in [2.45, 2.75) is 38.0 Å². The molecule has 2 atom stereocenters. The van der Waals surface area contributed by atoms with E-state index in [1.54, 1.807) is 25.3 Å². The summed E-state index contributed by atoms with van der Waals surface area (Å²) < 4.78 is 32.6. The molecule has 3 N–H and O–H groups in total. The Morgan fingerprint density at radius 2 is 2.09 bits per heavy atom. The number of sulfonamides is 1. The number of aliphatic hydroxyl groups is 1. The first-order chi connectivity index (χ1) is 16.8. The highest BCUT2D eigenvalue weighted by Crippen LogP contribution is 2.31. The van der Waals surface area contributed by atoms with Crippen LogP contribution in [0.1, 0.15) is 48.2 Å². The number of amides is 1. The van der Waals surface area contributed by atoms with Crippen molar-refractivity contribution < 1.29 is 23.1 Å². The van der Waals surface area contributed by atoms with E-state index in [1.165, 1.54) is 18.6 Å². The Labute approximate surface area is 207 Å². The van der Waals surface area contributed by atoms with Gasteiger partial charge in [0.2, 0.25) is 15.9 Å². The fourth-order valence-electron chi connectivity index (χ4n) is 3.31. The molecule has 4 rings (SSSR count). The number of hydrogen-bond acceptors (Lipinski definition) is 10. The Morgan fingerprint density at radius 3 is 2.80 bits per heavy atom. The Balaban J connectivity index is 1.52. The van der Waals surface area contributed by atoms with Gasteiger partial charge < -0.3 is 15.2 Å². The first-order valence-electron chi connectivity index (χ1n) is 11.1. The van der Waals surface area contributed by atoms with E-state index in [0.29, 0.717) is 47.3 Å². The lowest BCUT2D eigenvalue weighted by atomic mass is 9.99. The molecular formula is C22H26N6O5S2. The van der Waals surface area contributed by atoms with E-state index in [-0.39, 0.29) is 16.9 Å². The van der Waals surface area contributed by atoms with Crippen LogP contribution in [0.3, 0.4) is 0 Å². The minimum atomic E-state index is -3.45. The van der Waals surface area contributed by atoms with Gasteiger partial charge >= 0.3 is 0 Å². The van der Waals surface area contributed by atoms with Crippen molar-refractivity contribution in [2.75, 3.05) is 17.9 Å². The third-order valence-corrected chi connectivity index (χ3v) is 8.21. The molecule has 3 aromatic heterocycles. The van der Waals surface area contributed by atoms with Crippen LogP contribution in [0.25, 0.3) is 10.6 Å². The molecule has 11 nitrogen and oxygen atoms in total. The predicted octanol–water partition coefficient (Wildman–Crippen LogP) is 2.40. The van der Waals surface area contributed by atoms with E-state index < -0.39 is 27.9 Å². The van der Waals surface area contributed by atoms with E-state index in [4.69, 9.17) is 4.74 Å². The number of anilines is 1.